The number of imide groups is 1. The minimum atomic E-state index is -0.568. The number of aliphatic hydroxyl groups is 1. The number of carbonyl (C=O) groups is 2. The topological polar surface area (TPSA) is 103 Å². The number of urea groups is 1. The first-order chi connectivity index (χ1) is 15.0. The van der Waals surface area contributed by atoms with Crippen molar-refractivity contribution in [1.29, 1.82) is 0 Å². The Balaban J connectivity index is 1.29. The molecule has 0 bridgehead atoms. The molecule has 0 radical (unpaired) electrons. The van der Waals surface area contributed by atoms with E-state index in [0.717, 1.165) is 75.0 Å². The summed E-state index contributed by atoms with van der Waals surface area (Å²) in [6.07, 6.45) is 5.72. The van der Waals surface area contributed by atoms with Crippen LogP contribution in [0, 0.1) is 0 Å². The number of fused-ring (bicyclic) bond motifs is 1. The third kappa shape index (κ3) is 4.05. The van der Waals surface area contributed by atoms with Gasteiger partial charge in [0, 0.05) is 38.0 Å². The molecule has 0 atom stereocenters. The smallest absolute Gasteiger partial charge is 0.328 e. The molecular formula is C22H30N6O3. The van der Waals surface area contributed by atoms with Gasteiger partial charge in [0.05, 0.1) is 29.0 Å². The van der Waals surface area contributed by atoms with E-state index in [1.54, 1.807) is 4.90 Å². The molecule has 3 aliphatic heterocycles. The number of amides is 3. The lowest BCUT2D eigenvalue weighted by atomic mass is 9.91. The number of nitrogens with zero attached hydrogens (tertiary/aromatic N) is 4. The zero-order chi connectivity index (χ0) is 21.4. The lowest BCUT2D eigenvalue weighted by Crippen LogP contribution is -2.51. The van der Waals surface area contributed by atoms with Gasteiger partial charge in [-0.05, 0) is 50.9 Å². The number of hydrogen-bond acceptors (Lipinski definition) is 6. The summed E-state index contributed by atoms with van der Waals surface area (Å²) in [7, 11) is 0. The van der Waals surface area contributed by atoms with Gasteiger partial charge in [-0.2, -0.15) is 5.10 Å². The Kier molecular flexibility index (Phi) is 5.41. The summed E-state index contributed by atoms with van der Waals surface area (Å²) in [5.41, 5.74) is 1.24. The van der Waals surface area contributed by atoms with Gasteiger partial charge < -0.3 is 15.3 Å². The van der Waals surface area contributed by atoms with Crippen LogP contribution in [-0.4, -0.2) is 76.6 Å². The summed E-state index contributed by atoms with van der Waals surface area (Å²) in [4.78, 5) is 27.8. The average molecular weight is 427 g/mol. The predicted molar refractivity (Wildman–Crippen MR) is 117 cm³/mol. The maximum atomic E-state index is 12.3. The number of hydrogen-bond donors (Lipinski definition) is 3. The second-order valence-electron chi connectivity index (χ2n) is 9.04. The van der Waals surface area contributed by atoms with Crippen LogP contribution in [0.15, 0.2) is 24.4 Å². The summed E-state index contributed by atoms with van der Waals surface area (Å²) in [6, 6.07) is 5.82. The van der Waals surface area contributed by atoms with E-state index in [-0.39, 0.29) is 11.9 Å². The number of anilines is 1. The summed E-state index contributed by atoms with van der Waals surface area (Å²) >= 11 is 0. The molecule has 4 heterocycles. The van der Waals surface area contributed by atoms with E-state index < -0.39 is 5.60 Å². The third-order valence-corrected chi connectivity index (χ3v) is 6.92. The molecule has 9 heteroatoms. The van der Waals surface area contributed by atoms with E-state index in [4.69, 9.17) is 0 Å². The van der Waals surface area contributed by atoms with Crippen LogP contribution in [-0.2, 0) is 4.79 Å². The highest BCUT2D eigenvalue weighted by Crippen LogP contribution is 2.32. The minimum Gasteiger partial charge on any atom is -0.388 e. The molecule has 3 amide bonds. The molecule has 3 saturated heterocycles. The first kappa shape index (κ1) is 20.4. The Morgan fingerprint density at radius 1 is 1.13 bits per heavy atom. The van der Waals surface area contributed by atoms with Crippen molar-refractivity contribution in [3.05, 3.63) is 24.4 Å². The number of piperidine rings is 2. The van der Waals surface area contributed by atoms with E-state index in [1.165, 1.54) is 0 Å². The summed E-state index contributed by atoms with van der Waals surface area (Å²) in [5, 5.41) is 22.2. The molecule has 0 unspecified atom stereocenters. The molecule has 3 N–H and O–H groups in total. The maximum absolute atomic E-state index is 12.3. The van der Waals surface area contributed by atoms with Gasteiger partial charge in [-0.15, -0.1) is 0 Å². The summed E-state index contributed by atoms with van der Waals surface area (Å²) < 4.78 is 2.09. The zero-order valence-corrected chi connectivity index (χ0v) is 17.7. The SMILES string of the molecule is O=C1CCN(c2cccc3c2cnn3C2CCN(CC3(O)CCNCC3)CC2)C(=O)N1. The first-order valence-corrected chi connectivity index (χ1v) is 11.3. The molecule has 3 fully saturated rings. The maximum Gasteiger partial charge on any atom is 0.328 e. The monoisotopic (exact) mass is 426 g/mol. The van der Waals surface area contributed by atoms with Crippen LogP contribution in [0.3, 0.4) is 0 Å². The fraction of sp³-hybridized carbons (Fsp3) is 0.591. The summed E-state index contributed by atoms with van der Waals surface area (Å²) in [5.74, 6) is -0.231. The number of nitrogens with one attached hydrogen (secondary N) is 2. The highest BCUT2D eigenvalue weighted by Gasteiger charge is 2.33. The normalized spacial score (nSPS) is 23.3. The van der Waals surface area contributed by atoms with Crippen molar-refractivity contribution in [2.45, 2.75) is 43.7 Å². The lowest BCUT2D eigenvalue weighted by molar-refractivity contribution is -0.120. The molecule has 0 saturated carbocycles. The van der Waals surface area contributed by atoms with Crippen LogP contribution in [0.2, 0.25) is 0 Å². The number of rotatable bonds is 4. The van der Waals surface area contributed by atoms with Crippen molar-refractivity contribution < 1.29 is 14.7 Å². The molecule has 31 heavy (non-hydrogen) atoms. The number of aromatic nitrogens is 2. The van der Waals surface area contributed by atoms with Gasteiger partial charge in [0.25, 0.3) is 0 Å². The molecule has 3 aliphatic rings. The molecule has 0 aliphatic carbocycles. The van der Waals surface area contributed by atoms with E-state index in [9.17, 15) is 14.7 Å². The van der Waals surface area contributed by atoms with E-state index in [1.807, 2.05) is 24.4 Å². The summed E-state index contributed by atoms with van der Waals surface area (Å²) in [6.45, 7) is 4.78. The van der Waals surface area contributed by atoms with E-state index in [0.29, 0.717) is 19.0 Å². The Morgan fingerprint density at radius 2 is 1.90 bits per heavy atom. The third-order valence-electron chi connectivity index (χ3n) is 6.92. The van der Waals surface area contributed by atoms with Crippen molar-refractivity contribution in [3.8, 4) is 0 Å². The van der Waals surface area contributed by atoms with Crippen LogP contribution in [0.5, 0.6) is 0 Å². The molecule has 1 aromatic heterocycles. The largest absolute Gasteiger partial charge is 0.388 e. The van der Waals surface area contributed by atoms with Crippen molar-refractivity contribution in [1.82, 2.24) is 25.3 Å². The first-order valence-electron chi connectivity index (χ1n) is 11.3. The van der Waals surface area contributed by atoms with Gasteiger partial charge in [-0.3, -0.25) is 19.7 Å². The van der Waals surface area contributed by atoms with Crippen molar-refractivity contribution in [2.75, 3.05) is 44.2 Å². The van der Waals surface area contributed by atoms with E-state index >= 15 is 0 Å². The van der Waals surface area contributed by atoms with Gasteiger partial charge in [0.15, 0.2) is 0 Å². The second-order valence-corrected chi connectivity index (χ2v) is 9.04. The fourth-order valence-corrected chi connectivity index (χ4v) is 5.16. The standard InChI is InChI=1S/C22H30N6O3/c29-20-6-13-27(21(30)25-20)18-2-1-3-19-17(18)14-24-28(19)16-4-11-26(12-5-16)15-22(31)7-9-23-10-8-22/h1-3,14,16,23,31H,4-13,15H2,(H,25,29,30). The molecular weight excluding hydrogens is 396 g/mol. The molecule has 1 aromatic carbocycles. The van der Waals surface area contributed by atoms with Gasteiger partial charge >= 0.3 is 6.03 Å². The molecule has 0 spiro atoms. The molecule has 2 aromatic rings. The van der Waals surface area contributed by atoms with Gasteiger partial charge in [-0.25, -0.2) is 4.79 Å². The fourth-order valence-electron chi connectivity index (χ4n) is 5.16. The van der Waals surface area contributed by atoms with Crippen LogP contribution in [0.1, 0.15) is 38.1 Å². The van der Waals surface area contributed by atoms with E-state index in [2.05, 4.69) is 25.3 Å². The average Bonchev–Trinajstić information content (AvgIpc) is 3.19. The van der Waals surface area contributed by atoms with Crippen molar-refractivity contribution in [2.24, 2.45) is 0 Å². The Morgan fingerprint density at radius 3 is 2.65 bits per heavy atom. The Bertz CT molecular complexity index is 975. The van der Waals surface area contributed by atoms with Gasteiger partial charge in [0.2, 0.25) is 5.91 Å². The number of benzene rings is 1. The molecule has 9 nitrogen and oxygen atoms in total. The minimum absolute atomic E-state index is 0.231. The highest BCUT2D eigenvalue weighted by atomic mass is 16.3. The predicted octanol–water partition coefficient (Wildman–Crippen LogP) is 1.23. The van der Waals surface area contributed by atoms with Crippen molar-refractivity contribution >= 4 is 28.5 Å². The number of likely N-dealkylation sites (tertiary alicyclic amines) is 1. The lowest BCUT2D eigenvalue weighted by Gasteiger charge is -2.40. The van der Waals surface area contributed by atoms with Gasteiger partial charge in [0.1, 0.15) is 0 Å². The highest BCUT2D eigenvalue weighted by molar-refractivity contribution is 6.09. The Labute approximate surface area is 181 Å². The van der Waals surface area contributed by atoms with Crippen LogP contribution in [0.25, 0.3) is 10.9 Å². The van der Waals surface area contributed by atoms with Gasteiger partial charge in [-0.1, -0.05) is 6.07 Å². The number of carbonyl (C=O) groups excluding carboxylic acids is 2. The quantitative estimate of drug-likeness (QED) is 0.680. The zero-order valence-electron chi connectivity index (χ0n) is 17.7. The molecule has 166 valence electrons. The van der Waals surface area contributed by atoms with Crippen LogP contribution < -0.4 is 15.5 Å². The second kappa shape index (κ2) is 8.22. The Hall–Kier alpha value is -2.49. The van der Waals surface area contributed by atoms with Crippen molar-refractivity contribution in [3.63, 3.8) is 0 Å². The van der Waals surface area contributed by atoms with Crippen LogP contribution in [0.4, 0.5) is 10.5 Å². The van der Waals surface area contributed by atoms with Crippen LogP contribution >= 0.6 is 0 Å². The number of β-amino-alcohol motifs (C(OH)–C–C–N with tert-alkyl or cyclic N) is 1. The molecule has 5 rings (SSSR count).